The zero-order valence-electron chi connectivity index (χ0n) is 8.22. The van der Waals surface area contributed by atoms with E-state index in [0.29, 0.717) is 31.9 Å². The molecule has 0 atom stereocenters. The second kappa shape index (κ2) is 4.91. The molecule has 1 aromatic carbocycles. The van der Waals surface area contributed by atoms with Crippen LogP contribution in [0.3, 0.4) is 0 Å². The van der Waals surface area contributed by atoms with Crippen molar-refractivity contribution in [2.24, 2.45) is 0 Å². The first-order chi connectivity index (χ1) is 7.38. The molecule has 1 fully saturated rings. The molecule has 0 aliphatic carbocycles. The summed E-state index contributed by atoms with van der Waals surface area (Å²) in [4.78, 5) is 10.2. The Morgan fingerprint density at radius 3 is 2.93 bits per heavy atom. The van der Waals surface area contributed by atoms with Crippen LogP contribution in [0.4, 0.5) is 0 Å². The molecule has 1 aliphatic rings. The molecule has 15 heavy (non-hydrogen) atoms. The number of carbonyl (C=O) groups excluding carboxylic acids is 1. The molecule has 0 saturated carbocycles. The highest BCUT2D eigenvalue weighted by molar-refractivity contribution is 5.45. The van der Waals surface area contributed by atoms with Gasteiger partial charge in [-0.2, -0.15) is 0 Å². The van der Waals surface area contributed by atoms with Crippen LogP contribution in [0.1, 0.15) is 5.56 Å². The van der Waals surface area contributed by atoms with Crippen molar-refractivity contribution in [1.29, 1.82) is 0 Å². The summed E-state index contributed by atoms with van der Waals surface area (Å²) in [6.45, 7) is 1.71. The Labute approximate surface area is 87.8 Å². The van der Waals surface area contributed by atoms with Gasteiger partial charge in [-0.3, -0.25) is 4.79 Å². The SMILES string of the molecule is O=COc1cccc(CC2OCCO2)c1. The maximum atomic E-state index is 10.2. The van der Waals surface area contributed by atoms with Gasteiger partial charge in [-0.05, 0) is 17.7 Å². The fraction of sp³-hybridized carbons (Fsp3) is 0.364. The van der Waals surface area contributed by atoms with Crippen LogP contribution in [0.2, 0.25) is 0 Å². The topological polar surface area (TPSA) is 44.8 Å². The van der Waals surface area contributed by atoms with Gasteiger partial charge in [0.25, 0.3) is 6.47 Å². The van der Waals surface area contributed by atoms with Crippen molar-refractivity contribution in [3.8, 4) is 5.75 Å². The maximum Gasteiger partial charge on any atom is 0.298 e. The summed E-state index contributed by atoms with van der Waals surface area (Å²) >= 11 is 0. The van der Waals surface area contributed by atoms with E-state index >= 15 is 0 Å². The Kier molecular flexibility index (Phi) is 3.32. The van der Waals surface area contributed by atoms with Crippen LogP contribution in [0.5, 0.6) is 5.75 Å². The molecule has 1 heterocycles. The zero-order chi connectivity index (χ0) is 10.5. The van der Waals surface area contributed by atoms with Gasteiger partial charge < -0.3 is 14.2 Å². The van der Waals surface area contributed by atoms with Crippen LogP contribution in [0, 0.1) is 0 Å². The number of benzene rings is 1. The normalized spacial score (nSPS) is 16.5. The van der Waals surface area contributed by atoms with Gasteiger partial charge in [-0.25, -0.2) is 0 Å². The second-order valence-electron chi connectivity index (χ2n) is 3.24. The first-order valence-electron chi connectivity index (χ1n) is 4.81. The Morgan fingerprint density at radius 1 is 1.40 bits per heavy atom. The van der Waals surface area contributed by atoms with E-state index in [4.69, 9.17) is 14.2 Å². The largest absolute Gasteiger partial charge is 0.429 e. The lowest BCUT2D eigenvalue weighted by molar-refractivity contribution is -0.120. The molecule has 2 rings (SSSR count). The molecule has 0 N–H and O–H groups in total. The van der Waals surface area contributed by atoms with E-state index < -0.39 is 0 Å². The third-order valence-electron chi connectivity index (χ3n) is 2.18. The zero-order valence-corrected chi connectivity index (χ0v) is 8.22. The van der Waals surface area contributed by atoms with Crippen LogP contribution in [-0.4, -0.2) is 26.0 Å². The predicted molar refractivity (Wildman–Crippen MR) is 52.5 cm³/mol. The van der Waals surface area contributed by atoms with Crippen LogP contribution in [0.15, 0.2) is 24.3 Å². The Balaban J connectivity index is 2.00. The third kappa shape index (κ3) is 2.78. The highest BCUT2D eigenvalue weighted by Crippen LogP contribution is 2.16. The minimum absolute atomic E-state index is 0.170. The van der Waals surface area contributed by atoms with E-state index in [0.717, 1.165) is 5.56 Å². The standard InChI is InChI=1S/C11H12O4/c12-8-15-10-3-1-2-9(6-10)7-11-13-4-5-14-11/h1-3,6,8,11H,4-5,7H2. The third-order valence-corrected chi connectivity index (χ3v) is 2.18. The summed E-state index contributed by atoms with van der Waals surface area (Å²) in [6, 6.07) is 7.32. The number of carbonyl (C=O) groups is 1. The van der Waals surface area contributed by atoms with Gasteiger partial charge in [0.1, 0.15) is 5.75 Å². The number of rotatable bonds is 4. The number of hydrogen-bond acceptors (Lipinski definition) is 4. The number of ether oxygens (including phenoxy) is 3. The van der Waals surface area contributed by atoms with E-state index in [9.17, 15) is 4.79 Å². The average Bonchev–Trinajstić information content (AvgIpc) is 2.71. The van der Waals surface area contributed by atoms with Gasteiger partial charge in [0.15, 0.2) is 6.29 Å². The second-order valence-corrected chi connectivity index (χ2v) is 3.24. The van der Waals surface area contributed by atoms with E-state index in [2.05, 4.69) is 0 Å². The van der Waals surface area contributed by atoms with E-state index in [-0.39, 0.29) is 6.29 Å². The van der Waals surface area contributed by atoms with Crippen LogP contribution >= 0.6 is 0 Å². The van der Waals surface area contributed by atoms with Crippen LogP contribution in [-0.2, 0) is 20.7 Å². The minimum atomic E-state index is -0.170. The van der Waals surface area contributed by atoms with Crippen molar-refractivity contribution in [3.05, 3.63) is 29.8 Å². The van der Waals surface area contributed by atoms with E-state index in [1.807, 2.05) is 12.1 Å². The molecule has 0 radical (unpaired) electrons. The molecule has 0 unspecified atom stereocenters. The van der Waals surface area contributed by atoms with E-state index in [1.54, 1.807) is 12.1 Å². The lowest BCUT2D eigenvalue weighted by atomic mass is 10.1. The van der Waals surface area contributed by atoms with Crippen molar-refractivity contribution in [2.45, 2.75) is 12.7 Å². The molecule has 4 nitrogen and oxygen atoms in total. The van der Waals surface area contributed by atoms with Gasteiger partial charge in [-0.1, -0.05) is 12.1 Å². The molecular formula is C11H12O4. The first-order valence-corrected chi connectivity index (χ1v) is 4.81. The van der Waals surface area contributed by atoms with Crippen molar-refractivity contribution in [1.82, 2.24) is 0 Å². The molecule has 1 saturated heterocycles. The summed E-state index contributed by atoms with van der Waals surface area (Å²) in [5.74, 6) is 0.542. The summed E-state index contributed by atoms with van der Waals surface area (Å²) in [5.41, 5.74) is 1.03. The van der Waals surface area contributed by atoms with Gasteiger partial charge in [0, 0.05) is 6.42 Å². The average molecular weight is 208 g/mol. The van der Waals surface area contributed by atoms with Gasteiger partial charge in [0.05, 0.1) is 13.2 Å². The molecule has 1 aliphatic heterocycles. The lowest BCUT2D eigenvalue weighted by Crippen LogP contribution is -2.11. The molecular weight excluding hydrogens is 196 g/mol. The van der Waals surface area contributed by atoms with Crippen LogP contribution in [0.25, 0.3) is 0 Å². The fourth-order valence-electron chi connectivity index (χ4n) is 1.52. The molecule has 0 bridgehead atoms. The van der Waals surface area contributed by atoms with Crippen LogP contribution < -0.4 is 4.74 Å². The fourth-order valence-corrected chi connectivity index (χ4v) is 1.52. The summed E-state index contributed by atoms with van der Waals surface area (Å²) in [6.07, 6.45) is 0.507. The molecule has 4 heteroatoms. The highest BCUT2D eigenvalue weighted by atomic mass is 16.7. The monoisotopic (exact) mass is 208 g/mol. The minimum Gasteiger partial charge on any atom is -0.429 e. The van der Waals surface area contributed by atoms with Gasteiger partial charge >= 0.3 is 0 Å². The molecule has 0 aromatic heterocycles. The molecule has 0 spiro atoms. The maximum absolute atomic E-state index is 10.2. The lowest BCUT2D eigenvalue weighted by Gasteiger charge is -2.09. The van der Waals surface area contributed by atoms with Crippen molar-refractivity contribution >= 4 is 6.47 Å². The van der Waals surface area contributed by atoms with Crippen molar-refractivity contribution in [2.75, 3.05) is 13.2 Å². The molecule has 1 aromatic rings. The van der Waals surface area contributed by atoms with Crippen molar-refractivity contribution in [3.63, 3.8) is 0 Å². The highest BCUT2D eigenvalue weighted by Gasteiger charge is 2.16. The first kappa shape index (κ1) is 10.1. The van der Waals surface area contributed by atoms with Gasteiger partial charge in [-0.15, -0.1) is 0 Å². The Bertz CT molecular complexity index is 331. The smallest absolute Gasteiger partial charge is 0.298 e. The van der Waals surface area contributed by atoms with E-state index in [1.165, 1.54) is 0 Å². The molecule has 0 amide bonds. The summed E-state index contributed by atoms with van der Waals surface area (Å²) in [5, 5.41) is 0. The van der Waals surface area contributed by atoms with Gasteiger partial charge in [0.2, 0.25) is 0 Å². The number of hydrogen-bond donors (Lipinski definition) is 0. The predicted octanol–water partition coefficient (Wildman–Crippen LogP) is 1.14. The Hall–Kier alpha value is -1.39. The van der Waals surface area contributed by atoms with Crippen molar-refractivity contribution < 1.29 is 19.0 Å². The molecule has 80 valence electrons. The Morgan fingerprint density at radius 2 is 2.20 bits per heavy atom. The quantitative estimate of drug-likeness (QED) is 0.696. The summed E-state index contributed by atoms with van der Waals surface area (Å²) in [7, 11) is 0. The summed E-state index contributed by atoms with van der Waals surface area (Å²) < 4.78 is 15.4.